The van der Waals surface area contributed by atoms with Gasteiger partial charge in [-0.1, -0.05) is 41.4 Å². The van der Waals surface area contributed by atoms with Gasteiger partial charge in [0.15, 0.2) is 0 Å². The lowest BCUT2D eigenvalue weighted by atomic mass is 9.82. The minimum atomic E-state index is -3.70. The van der Waals surface area contributed by atoms with Gasteiger partial charge in [-0.15, -0.1) is 0 Å². The first kappa shape index (κ1) is 25.0. The number of para-hydroxylation sites is 1. The van der Waals surface area contributed by atoms with E-state index in [-0.39, 0.29) is 14.9 Å². The maximum atomic E-state index is 12.7. The van der Waals surface area contributed by atoms with Crippen LogP contribution in [0, 0.1) is 11.8 Å². The summed E-state index contributed by atoms with van der Waals surface area (Å²) in [4.78, 5) is 11.4. The minimum absolute atomic E-state index is 0.0204. The summed E-state index contributed by atoms with van der Waals surface area (Å²) < 4.78 is 28.0. The van der Waals surface area contributed by atoms with E-state index in [1.807, 2.05) is 43.3 Å². The predicted molar refractivity (Wildman–Crippen MR) is 139 cm³/mol. The van der Waals surface area contributed by atoms with Crippen molar-refractivity contribution in [1.29, 1.82) is 0 Å². The zero-order chi connectivity index (χ0) is 24.3. The van der Waals surface area contributed by atoms with E-state index in [2.05, 4.69) is 15.0 Å². The van der Waals surface area contributed by atoms with Crippen LogP contribution in [0.5, 0.6) is 0 Å². The second-order valence-corrected chi connectivity index (χ2v) is 11.5. The second-order valence-electron chi connectivity index (χ2n) is 8.95. The molecule has 4 rings (SSSR count). The van der Waals surface area contributed by atoms with Crippen LogP contribution in [0.15, 0.2) is 47.4 Å². The number of hydrogen-bond donors (Lipinski definition) is 2. The van der Waals surface area contributed by atoms with Crippen molar-refractivity contribution in [2.45, 2.75) is 30.6 Å². The third kappa shape index (κ3) is 5.74. The van der Waals surface area contributed by atoms with Gasteiger partial charge in [0.2, 0.25) is 16.0 Å². The molecule has 1 fully saturated rings. The number of fused-ring (bicyclic) bond motifs is 1. The van der Waals surface area contributed by atoms with Crippen LogP contribution in [-0.2, 0) is 10.0 Å². The average molecular weight is 523 g/mol. The summed E-state index contributed by atoms with van der Waals surface area (Å²) in [5.41, 5.74) is 0.916. The smallest absolute Gasteiger partial charge is 0.242 e. The van der Waals surface area contributed by atoms with Crippen LogP contribution >= 0.6 is 23.2 Å². The fraction of sp³-hybridized carbons (Fsp3) is 0.417. The molecule has 2 aromatic carbocycles. The number of halogens is 2. The molecule has 7 nitrogen and oxygen atoms in total. The minimum Gasteiger partial charge on any atom is -0.362 e. The SMILES string of the molecule is CN(C)c1nc(NCC2CCC(CNS(=O)(=O)c3cccc(Cl)c3Cl)CC2)nc2ccccc12. The number of aromatic nitrogens is 2. The lowest BCUT2D eigenvalue weighted by molar-refractivity contribution is 0.284. The molecule has 1 aromatic heterocycles. The van der Waals surface area contributed by atoms with Gasteiger partial charge < -0.3 is 10.2 Å². The largest absolute Gasteiger partial charge is 0.362 e. The van der Waals surface area contributed by atoms with Crippen molar-refractivity contribution in [3.05, 3.63) is 52.5 Å². The molecule has 3 aromatic rings. The Labute approximate surface area is 210 Å². The molecule has 0 atom stereocenters. The Morgan fingerprint density at radius 1 is 0.941 bits per heavy atom. The van der Waals surface area contributed by atoms with Gasteiger partial charge in [0.05, 0.1) is 15.6 Å². The van der Waals surface area contributed by atoms with Crippen LogP contribution in [0.4, 0.5) is 11.8 Å². The lowest BCUT2D eigenvalue weighted by Crippen LogP contribution is -2.32. The first-order valence-electron chi connectivity index (χ1n) is 11.4. The summed E-state index contributed by atoms with van der Waals surface area (Å²) in [5.74, 6) is 2.31. The molecule has 0 aliphatic heterocycles. The van der Waals surface area contributed by atoms with Gasteiger partial charge >= 0.3 is 0 Å². The highest BCUT2D eigenvalue weighted by Crippen LogP contribution is 2.31. The van der Waals surface area contributed by atoms with Crippen molar-refractivity contribution >= 4 is 55.9 Å². The van der Waals surface area contributed by atoms with Crippen LogP contribution < -0.4 is 14.9 Å². The first-order valence-corrected chi connectivity index (χ1v) is 13.6. The summed E-state index contributed by atoms with van der Waals surface area (Å²) in [7, 11) is 0.260. The van der Waals surface area contributed by atoms with Crippen LogP contribution in [0.3, 0.4) is 0 Å². The van der Waals surface area contributed by atoms with Gasteiger partial charge in [-0.2, -0.15) is 4.98 Å². The van der Waals surface area contributed by atoms with E-state index in [1.165, 1.54) is 6.07 Å². The molecule has 182 valence electrons. The van der Waals surface area contributed by atoms with Gasteiger partial charge in [0, 0.05) is 32.6 Å². The number of hydrogen-bond acceptors (Lipinski definition) is 6. The van der Waals surface area contributed by atoms with Crippen LogP contribution in [0.2, 0.25) is 10.0 Å². The van der Waals surface area contributed by atoms with Gasteiger partial charge in [0.1, 0.15) is 10.7 Å². The molecule has 10 heteroatoms. The number of benzene rings is 2. The van der Waals surface area contributed by atoms with Gasteiger partial charge in [-0.3, -0.25) is 0 Å². The highest BCUT2D eigenvalue weighted by molar-refractivity contribution is 7.89. The molecule has 0 radical (unpaired) electrons. The molecule has 2 N–H and O–H groups in total. The van der Waals surface area contributed by atoms with Crippen molar-refractivity contribution in [3.8, 4) is 0 Å². The van der Waals surface area contributed by atoms with Crippen LogP contribution in [-0.4, -0.2) is 45.6 Å². The topological polar surface area (TPSA) is 87.2 Å². The highest BCUT2D eigenvalue weighted by Gasteiger charge is 2.25. The second kappa shape index (κ2) is 10.6. The molecule has 0 spiro atoms. The molecule has 34 heavy (non-hydrogen) atoms. The van der Waals surface area contributed by atoms with Crippen molar-refractivity contribution in [1.82, 2.24) is 14.7 Å². The fourth-order valence-electron chi connectivity index (χ4n) is 4.35. The molecular formula is C24H29Cl2N5O2S. The van der Waals surface area contributed by atoms with Crippen molar-refractivity contribution in [2.75, 3.05) is 37.4 Å². The first-order chi connectivity index (χ1) is 16.2. The van der Waals surface area contributed by atoms with Crippen molar-refractivity contribution in [3.63, 3.8) is 0 Å². The van der Waals surface area contributed by atoms with Crippen molar-refractivity contribution in [2.24, 2.45) is 11.8 Å². The van der Waals surface area contributed by atoms with Crippen molar-refractivity contribution < 1.29 is 8.42 Å². The summed E-state index contributed by atoms with van der Waals surface area (Å²) in [5, 5.41) is 4.73. The summed E-state index contributed by atoms with van der Waals surface area (Å²) in [6.07, 6.45) is 3.95. The third-order valence-corrected chi connectivity index (χ3v) is 8.69. The molecular weight excluding hydrogens is 493 g/mol. The normalized spacial score (nSPS) is 18.7. The molecule has 1 heterocycles. The maximum absolute atomic E-state index is 12.7. The van der Waals surface area contributed by atoms with Gasteiger partial charge in [-0.05, 0) is 61.8 Å². The molecule has 1 aliphatic carbocycles. The van der Waals surface area contributed by atoms with E-state index < -0.39 is 10.0 Å². The highest BCUT2D eigenvalue weighted by atomic mass is 35.5. The summed E-state index contributed by atoms with van der Waals surface area (Å²) >= 11 is 12.1. The van der Waals surface area contributed by atoms with E-state index in [9.17, 15) is 8.42 Å². The van der Waals surface area contributed by atoms with Crippen LogP contribution in [0.1, 0.15) is 25.7 Å². The van der Waals surface area contributed by atoms with E-state index in [4.69, 9.17) is 28.2 Å². The zero-order valence-electron chi connectivity index (χ0n) is 19.3. The molecule has 0 amide bonds. The standard InChI is InChI=1S/C24H29Cl2N5O2S/c1-31(2)23-18-6-3-4-8-20(18)29-24(30-23)27-14-16-10-12-17(13-11-16)15-28-34(32,33)21-9-5-7-19(25)22(21)26/h3-9,16-17,28H,10-15H2,1-2H3,(H,27,29,30). The number of nitrogens with zero attached hydrogens (tertiary/aromatic N) is 3. The zero-order valence-corrected chi connectivity index (χ0v) is 21.6. The Kier molecular flexibility index (Phi) is 7.82. The van der Waals surface area contributed by atoms with E-state index >= 15 is 0 Å². The number of anilines is 2. The lowest BCUT2D eigenvalue weighted by Gasteiger charge is -2.29. The summed E-state index contributed by atoms with van der Waals surface area (Å²) in [6, 6.07) is 12.6. The fourth-order valence-corrected chi connectivity index (χ4v) is 6.23. The van der Waals surface area contributed by atoms with Crippen LogP contribution in [0.25, 0.3) is 10.9 Å². The van der Waals surface area contributed by atoms with E-state index in [1.54, 1.807) is 12.1 Å². The number of sulfonamides is 1. The summed E-state index contributed by atoms with van der Waals surface area (Å²) in [6.45, 7) is 1.19. The average Bonchev–Trinajstić information content (AvgIpc) is 2.83. The Morgan fingerprint density at radius 3 is 2.32 bits per heavy atom. The molecule has 0 saturated heterocycles. The Bertz CT molecular complexity index is 1260. The molecule has 1 aliphatic rings. The monoisotopic (exact) mass is 521 g/mol. The Balaban J connectivity index is 1.30. The van der Waals surface area contributed by atoms with E-state index in [0.717, 1.165) is 48.9 Å². The molecule has 0 unspecified atom stereocenters. The predicted octanol–water partition coefficient (Wildman–Crippen LogP) is 5.20. The third-order valence-electron chi connectivity index (χ3n) is 6.29. The molecule has 0 bridgehead atoms. The molecule has 1 saturated carbocycles. The van der Waals surface area contributed by atoms with Gasteiger partial charge in [0.25, 0.3) is 0 Å². The Morgan fingerprint density at radius 2 is 1.62 bits per heavy atom. The number of nitrogens with one attached hydrogen (secondary N) is 2. The quantitative estimate of drug-likeness (QED) is 0.423. The Hall–Kier alpha value is -2.13. The van der Waals surface area contributed by atoms with Gasteiger partial charge in [-0.25, -0.2) is 18.1 Å². The van der Waals surface area contributed by atoms with E-state index in [0.29, 0.717) is 24.3 Å². The maximum Gasteiger partial charge on any atom is 0.242 e. The number of rotatable bonds is 8.